The van der Waals surface area contributed by atoms with Gasteiger partial charge in [-0.2, -0.15) is 0 Å². The van der Waals surface area contributed by atoms with Crippen LogP contribution in [0.15, 0.2) is 47.4 Å². The number of aromatic hydroxyl groups is 1. The molecule has 6 nitrogen and oxygen atoms in total. The lowest BCUT2D eigenvalue weighted by molar-refractivity contribution is -0.384. The normalized spacial score (nSPS) is 11.3. The second kappa shape index (κ2) is 5.53. The number of aryl methyl sites for hydroxylation is 1. The van der Waals surface area contributed by atoms with Gasteiger partial charge in [0.1, 0.15) is 5.75 Å². The first-order valence-corrected chi connectivity index (χ1v) is 7.70. The lowest BCUT2D eigenvalue weighted by Gasteiger charge is -2.07. The van der Waals surface area contributed by atoms with E-state index < -0.39 is 26.3 Å². The Balaban J connectivity index is 2.32. The summed E-state index contributed by atoms with van der Waals surface area (Å²) in [5.74, 6) is -0.820. The molecule has 0 aliphatic heterocycles. The van der Waals surface area contributed by atoms with E-state index in [0.29, 0.717) is 0 Å². The van der Waals surface area contributed by atoms with Crippen molar-refractivity contribution in [2.45, 2.75) is 17.6 Å². The van der Waals surface area contributed by atoms with Crippen molar-refractivity contribution in [2.75, 3.05) is 0 Å². The lowest BCUT2D eigenvalue weighted by atomic mass is 10.2. The molecule has 110 valence electrons. The van der Waals surface area contributed by atoms with Crippen LogP contribution >= 0.6 is 0 Å². The second-order valence-electron chi connectivity index (χ2n) is 4.64. The quantitative estimate of drug-likeness (QED) is 0.691. The summed E-state index contributed by atoms with van der Waals surface area (Å²) >= 11 is 0. The van der Waals surface area contributed by atoms with E-state index in [1.807, 2.05) is 6.92 Å². The van der Waals surface area contributed by atoms with Crippen LogP contribution in [0, 0.1) is 17.0 Å². The maximum Gasteiger partial charge on any atom is 0.273 e. The Labute approximate surface area is 121 Å². The van der Waals surface area contributed by atoms with Crippen LogP contribution in [0.3, 0.4) is 0 Å². The maximum atomic E-state index is 12.2. The number of rotatable bonds is 4. The van der Waals surface area contributed by atoms with Gasteiger partial charge in [0.15, 0.2) is 9.84 Å². The van der Waals surface area contributed by atoms with Crippen LogP contribution in [-0.4, -0.2) is 18.4 Å². The number of sulfone groups is 1. The van der Waals surface area contributed by atoms with E-state index in [9.17, 15) is 23.6 Å². The predicted molar refractivity (Wildman–Crippen MR) is 76.8 cm³/mol. The minimum atomic E-state index is -3.62. The highest BCUT2D eigenvalue weighted by atomic mass is 32.2. The number of hydrogen-bond donors (Lipinski definition) is 1. The molecule has 0 radical (unpaired) electrons. The number of benzene rings is 2. The standard InChI is InChI=1S/C14H13NO5S/c1-10-2-6-13(7-3-10)21(19,20)9-11-4-5-12(15(17)18)8-14(11)16/h2-8,16H,9H2,1H3. The number of phenolic OH excluding ortho intramolecular Hbond substituents is 1. The Kier molecular flexibility index (Phi) is 3.95. The number of nitro groups is 1. The highest BCUT2D eigenvalue weighted by Crippen LogP contribution is 2.27. The molecule has 2 aromatic rings. The van der Waals surface area contributed by atoms with Crippen molar-refractivity contribution >= 4 is 15.5 Å². The minimum Gasteiger partial charge on any atom is -0.507 e. The smallest absolute Gasteiger partial charge is 0.273 e. The highest BCUT2D eigenvalue weighted by molar-refractivity contribution is 7.90. The predicted octanol–water partition coefficient (Wildman–Crippen LogP) is 2.58. The van der Waals surface area contributed by atoms with Crippen LogP contribution in [0.25, 0.3) is 0 Å². The van der Waals surface area contributed by atoms with Crippen LogP contribution < -0.4 is 0 Å². The van der Waals surface area contributed by atoms with Crippen LogP contribution in [0.2, 0.25) is 0 Å². The van der Waals surface area contributed by atoms with Gasteiger partial charge in [0, 0.05) is 11.6 Å². The number of non-ortho nitro benzene ring substituents is 1. The second-order valence-corrected chi connectivity index (χ2v) is 6.63. The number of nitrogens with zero attached hydrogens (tertiary/aromatic N) is 1. The van der Waals surface area contributed by atoms with Gasteiger partial charge >= 0.3 is 0 Å². The molecule has 21 heavy (non-hydrogen) atoms. The summed E-state index contributed by atoms with van der Waals surface area (Å²) in [6, 6.07) is 9.71. The van der Waals surface area contributed by atoms with E-state index in [4.69, 9.17) is 0 Å². The minimum absolute atomic E-state index is 0.126. The highest BCUT2D eigenvalue weighted by Gasteiger charge is 2.19. The topological polar surface area (TPSA) is 97.5 Å². The summed E-state index contributed by atoms with van der Waals surface area (Å²) in [5.41, 5.74) is 0.775. The van der Waals surface area contributed by atoms with Gasteiger partial charge in [0.05, 0.1) is 21.6 Å². The molecule has 0 spiro atoms. The molecule has 0 atom stereocenters. The van der Waals surface area contributed by atoms with Gasteiger partial charge in [-0.1, -0.05) is 17.7 Å². The number of hydrogen-bond acceptors (Lipinski definition) is 5. The van der Waals surface area contributed by atoms with Crippen LogP contribution in [-0.2, 0) is 15.6 Å². The molecule has 2 aromatic carbocycles. The average molecular weight is 307 g/mol. The molecule has 0 unspecified atom stereocenters. The molecule has 2 rings (SSSR count). The van der Waals surface area contributed by atoms with Crippen molar-refractivity contribution in [3.8, 4) is 5.75 Å². The molecule has 0 amide bonds. The lowest BCUT2D eigenvalue weighted by Crippen LogP contribution is -2.05. The summed E-state index contributed by atoms with van der Waals surface area (Å²) in [4.78, 5) is 10.1. The number of nitro benzene ring substituents is 1. The summed E-state index contributed by atoms with van der Waals surface area (Å²) < 4.78 is 24.5. The van der Waals surface area contributed by atoms with Crippen molar-refractivity contribution in [1.82, 2.24) is 0 Å². The summed E-state index contributed by atoms with van der Waals surface area (Å²) in [6.45, 7) is 1.85. The molecule has 0 aliphatic rings. The number of phenols is 1. The fourth-order valence-electron chi connectivity index (χ4n) is 1.82. The van der Waals surface area contributed by atoms with E-state index >= 15 is 0 Å². The van der Waals surface area contributed by atoms with Crippen molar-refractivity contribution in [2.24, 2.45) is 0 Å². The van der Waals surface area contributed by atoms with E-state index in [1.165, 1.54) is 24.3 Å². The molecule has 0 saturated heterocycles. The van der Waals surface area contributed by atoms with E-state index in [-0.39, 0.29) is 16.1 Å². The third-order valence-corrected chi connectivity index (χ3v) is 4.69. The van der Waals surface area contributed by atoms with Crippen molar-refractivity contribution < 1.29 is 18.4 Å². The average Bonchev–Trinajstić information content (AvgIpc) is 2.41. The molecular weight excluding hydrogens is 294 g/mol. The zero-order chi connectivity index (χ0) is 15.6. The first-order chi connectivity index (χ1) is 9.79. The molecule has 0 aliphatic carbocycles. The first kappa shape index (κ1) is 15.0. The molecule has 0 aromatic heterocycles. The fraction of sp³-hybridized carbons (Fsp3) is 0.143. The zero-order valence-corrected chi connectivity index (χ0v) is 12.0. The fourth-order valence-corrected chi connectivity index (χ4v) is 3.19. The monoisotopic (exact) mass is 307 g/mol. The van der Waals surface area contributed by atoms with Gasteiger partial charge in [0.25, 0.3) is 5.69 Å². The molecule has 0 heterocycles. The molecule has 0 saturated carbocycles. The molecule has 1 N–H and O–H groups in total. The largest absolute Gasteiger partial charge is 0.507 e. The molecular formula is C14H13NO5S. The zero-order valence-electron chi connectivity index (χ0n) is 11.2. The third-order valence-electron chi connectivity index (χ3n) is 3.01. The van der Waals surface area contributed by atoms with Crippen LogP contribution in [0.1, 0.15) is 11.1 Å². The molecule has 0 fully saturated rings. The van der Waals surface area contributed by atoms with E-state index in [1.54, 1.807) is 12.1 Å². The van der Waals surface area contributed by atoms with Crippen LogP contribution in [0.5, 0.6) is 5.75 Å². The SMILES string of the molecule is Cc1ccc(S(=O)(=O)Cc2ccc([N+](=O)[O-])cc2O)cc1. The van der Waals surface area contributed by atoms with Gasteiger partial charge in [-0.05, 0) is 25.1 Å². The van der Waals surface area contributed by atoms with Crippen LogP contribution in [0.4, 0.5) is 5.69 Å². The van der Waals surface area contributed by atoms with Gasteiger partial charge in [-0.25, -0.2) is 8.42 Å². The maximum absolute atomic E-state index is 12.2. The van der Waals surface area contributed by atoms with Gasteiger partial charge < -0.3 is 5.11 Å². The third kappa shape index (κ3) is 3.38. The first-order valence-electron chi connectivity index (χ1n) is 6.05. The van der Waals surface area contributed by atoms with Crippen molar-refractivity contribution in [3.63, 3.8) is 0 Å². The Hall–Kier alpha value is -2.41. The molecule has 7 heteroatoms. The van der Waals surface area contributed by atoms with E-state index in [2.05, 4.69) is 0 Å². The van der Waals surface area contributed by atoms with Gasteiger partial charge in [0.2, 0.25) is 0 Å². The van der Waals surface area contributed by atoms with Crippen molar-refractivity contribution in [3.05, 3.63) is 63.7 Å². The van der Waals surface area contributed by atoms with Gasteiger partial charge in [-0.15, -0.1) is 0 Å². The Morgan fingerprint density at radius 2 is 1.76 bits per heavy atom. The summed E-state index contributed by atoms with van der Waals surface area (Å²) in [5, 5.41) is 20.3. The van der Waals surface area contributed by atoms with E-state index in [0.717, 1.165) is 11.6 Å². The summed E-state index contributed by atoms with van der Waals surface area (Å²) in [6.07, 6.45) is 0. The Bertz CT molecular complexity index is 782. The van der Waals surface area contributed by atoms with Crippen molar-refractivity contribution in [1.29, 1.82) is 0 Å². The Morgan fingerprint density at radius 1 is 1.14 bits per heavy atom. The molecule has 0 bridgehead atoms. The Morgan fingerprint density at radius 3 is 2.29 bits per heavy atom. The summed E-state index contributed by atoms with van der Waals surface area (Å²) in [7, 11) is -3.62. The van der Waals surface area contributed by atoms with Gasteiger partial charge in [-0.3, -0.25) is 10.1 Å².